The fourth-order valence-electron chi connectivity index (χ4n) is 3.09. The number of sulfonamides is 1. The van der Waals surface area contributed by atoms with Crippen LogP contribution < -0.4 is 14.9 Å². The molecule has 0 radical (unpaired) electrons. The number of benzene rings is 1. The molecule has 0 atom stereocenters. The molecule has 0 unspecified atom stereocenters. The molecule has 3 heterocycles. The van der Waals surface area contributed by atoms with E-state index in [0.29, 0.717) is 28.8 Å². The van der Waals surface area contributed by atoms with Crippen molar-refractivity contribution in [2.24, 2.45) is 0 Å². The summed E-state index contributed by atoms with van der Waals surface area (Å²) in [5, 5.41) is 18.9. The second-order valence-electron chi connectivity index (χ2n) is 7.48. The maximum Gasteiger partial charge on any atom is 0.421 e. The summed E-state index contributed by atoms with van der Waals surface area (Å²) in [6.45, 7) is -0.178. The van der Waals surface area contributed by atoms with Crippen molar-refractivity contribution < 1.29 is 21.6 Å². The number of H-pyrrole nitrogens is 1. The average molecular weight is 521 g/mol. The number of hydrogen-bond acceptors (Lipinski definition) is 10. The number of anilines is 4. The molecule has 4 aromatic rings. The van der Waals surface area contributed by atoms with Crippen LogP contribution in [0, 0.1) is 0 Å². The van der Waals surface area contributed by atoms with Crippen LogP contribution in [0.1, 0.15) is 11.1 Å². The Kier molecular flexibility index (Phi) is 6.69. The highest BCUT2D eigenvalue weighted by Crippen LogP contribution is 2.34. The largest absolute Gasteiger partial charge is 0.421 e. The molecule has 0 aliphatic carbocycles. The molecule has 0 saturated carbocycles. The molecule has 3 N–H and O–H groups in total. The third-order valence-electron chi connectivity index (χ3n) is 4.96. The van der Waals surface area contributed by atoms with Gasteiger partial charge in [-0.15, -0.1) is 5.10 Å². The van der Waals surface area contributed by atoms with E-state index in [1.165, 1.54) is 13.2 Å². The minimum atomic E-state index is -4.73. The van der Waals surface area contributed by atoms with E-state index in [2.05, 4.69) is 46.2 Å². The van der Waals surface area contributed by atoms with E-state index in [4.69, 9.17) is 0 Å². The summed E-state index contributed by atoms with van der Waals surface area (Å²) in [7, 11) is -2.33. The number of nitrogens with one attached hydrogen (secondary N) is 3. The minimum Gasteiger partial charge on any atom is -0.365 e. The summed E-state index contributed by atoms with van der Waals surface area (Å²) in [4.78, 5) is 11.8. The smallest absolute Gasteiger partial charge is 0.365 e. The van der Waals surface area contributed by atoms with Crippen molar-refractivity contribution in [3.05, 3.63) is 59.9 Å². The first-order chi connectivity index (χ1) is 17.0. The zero-order valence-corrected chi connectivity index (χ0v) is 19.6. The summed E-state index contributed by atoms with van der Waals surface area (Å²) in [5.74, 6) is -0.0361. The van der Waals surface area contributed by atoms with Crippen LogP contribution in [-0.4, -0.2) is 57.3 Å². The quantitative estimate of drug-likeness (QED) is 0.316. The van der Waals surface area contributed by atoms with Crippen LogP contribution in [-0.2, 0) is 22.7 Å². The number of hydrogen-bond donors (Lipinski definition) is 3. The second-order valence-corrected chi connectivity index (χ2v) is 9.49. The molecule has 0 aliphatic heterocycles. The fourth-order valence-corrected chi connectivity index (χ4v) is 3.57. The Morgan fingerprint density at radius 2 is 1.86 bits per heavy atom. The summed E-state index contributed by atoms with van der Waals surface area (Å²) < 4.78 is 65.6. The Morgan fingerprint density at radius 3 is 2.50 bits per heavy atom. The maximum atomic E-state index is 13.6. The molecule has 0 fully saturated rings. The topological polar surface area (TPSA) is 155 Å². The Bertz CT molecular complexity index is 1450. The Morgan fingerprint density at radius 1 is 1.11 bits per heavy atom. The zero-order chi connectivity index (χ0) is 25.9. The molecule has 12 nitrogen and oxygen atoms in total. The van der Waals surface area contributed by atoms with E-state index < -0.39 is 27.6 Å². The van der Waals surface area contributed by atoms with Gasteiger partial charge in [-0.25, -0.2) is 23.5 Å². The van der Waals surface area contributed by atoms with Crippen LogP contribution in [0.3, 0.4) is 0 Å². The number of pyridine rings is 1. The molecule has 0 amide bonds. The summed E-state index contributed by atoms with van der Waals surface area (Å²) >= 11 is 0. The molecule has 1 aromatic carbocycles. The van der Waals surface area contributed by atoms with Gasteiger partial charge < -0.3 is 10.6 Å². The Labute approximate surface area is 203 Å². The zero-order valence-electron chi connectivity index (χ0n) is 18.8. The van der Waals surface area contributed by atoms with Gasteiger partial charge in [0.1, 0.15) is 17.2 Å². The molecule has 3 aromatic heterocycles. The lowest BCUT2D eigenvalue weighted by atomic mass is 10.2. The number of tetrazole rings is 1. The lowest BCUT2D eigenvalue weighted by Crippen LogP contribution is -2.27. The highest BCUT2D eigenvalue weighted by molar-refractivity contribution is 7.92. The number of nitrogens with zero attached hydrogens (tertiary/aromatic N) is 7. The van der Waals surface area contributed by atoms with E-state index in [1.54, 1.807) is 36.4 Å². The third kappa shape index (κ3) is 5.65. The first-order valence-corrected chi connectivity index (χ1v) is 12.0. The van der Waals surface area contributed by atoms with Crippen LogP contribution in [0.5, 0.6) is 0 Å². The van der Waals surface area contributed by atoms with Gasteiger partial charge in [-0.2, -0.15) is 18.2 Å². The van der Waals surface area contributed by atoms with E-state index in [-0.39, 0.29) is 18.3 Å². The van der Waals surface area contributed by atoms with Gasteiger partial charge in [0.15, 0.2) is 5.82 Å². The van der Waals surface area contributed by atoms with Gasteiger partial charge in [0, 0.05) is 42.8 Å². The molecular formula is C20H19F3N10O2S. The van der Waals surface area contributed by atoms with E-state index in [0.717, 1.165) is 10.6 Å². The van der Waals surface area contributed by atoms with Crippen molar-refractivity contribution >= 4 is 33.3 Å². The van der Waals surface area contributed by atoms with Crippen LogP contribution >= 0.6 is 0 Å². The number of halogens is 3. The standard InChI is InChI=1S/C20H19F3N10O2S/c1-33(36(2,34)35)18-13(4-3-9-24-18)10-25-17-15(20(21,22)23)11-26-19(28-17)27-14-7-5-12(6-8-14)16-29-31-32-30-16/h3-9,11H,10H2,1-2H3,(H2,25,26,27,28)(H,29,30,31,32). The van der Waals surface area contributed by atoms with Gasteiger partial charge >= 0.3 is 6.18 Å². The van der Waals surface area contributed by atoms with Crippen molar-refractivity contribution in [1.29, 1.82) is 0 Å². The molecule has 188 valence electrons. The number of aromatic nitrogens is 7. The Hall–Kier alpha value is -4.34. The Balaban J connectivity index is 1.58. The van der Waals surface area contributed by atoms with Gasteiger partial charge in [0.2, 0.25) is 16.0 Å². The third-order valence-corrected chi connectivity index (χ3v) is 6.13. The molecule has 36 heavy (non-hydrogen) atoms. The highest BCUT2D eigenvalue weighted by Gasteiger charge is 2.35. The van der Waals surface area contributed by atoms with Gasteiger partial charge in [-0.3, -0.25) is 4.31 Å². The van der Waals surface area contributed by atoms with E-state index in [9.17, 15) is 21.6 Å². The van der Waals surface area contributed by atoms with Crippen LogP contribution in [0.4, 0.5) is 36.4 Å². The molecule has 0 spiro atoms. The predicted molar refractivity (Wildman–Crippen MR) is 125 cm³/mol. The molecule has 4 rings (SSSR count). The fraction of sp³-hybridized carbons (Fsp3) is 0.200. The van der Waals surface area contributed by atoms with Crippen molar-refractivity contribution in [2.45, 2.75) is 12.7 Å². The molecule has 0 aliphatic rings. The lowest BCUT2D eigenvalue weighted by molar-refractivity contribution is -0.137. The van der Waals surface area contributed by atoms with Crippen molar-refractivity contribution in [3.63, 3.8) is 0 Å². The summed E-state index contributed by atoms with van der Waals surface area (Å²) in [6.07, 6.45) is -1.68. The van der Waals surface area contributed by atoms with Crippen LogP contribution in [0.25, 0.3) is 11.4 Å². The number of rotatable bonds is 8. The second kappa shape index (κ2) is 9.73. The monoisotopic (exact) mass is 520 g/mol. The lowest BCUT2D eigenvalue weighted by Gasteiger charge is -2.20. The first-order valence-electron chi connectivity index (χ1n) is 10.2. The van der Waals surface area contributed by atoms with Crippen LogP contribution in [0.2, 0.25) is 0 Å². The van der Waals surface area contributed by atoms with E-state index in [1.807, 2.05) is 0 Å². The summed E-state index contributed by atoms with van der Waals surface area (Å²) in [5.41, 5.74) is 0.487. The van der Waals surface area contributed by atoms with Crippen LogP contribution in [0.15, 0.2) is 48.8 Å². The first kappa shape index (κ1) is 24.8. The highest BCUT2D eigenvalue weighted by atomic mass is 32.2. The predicted octanol–water partition coefficient (Wildman–Crippen LogP) is 2.82. The number of aromatic amines is 1. The van der Waals surface area contributed by atoms with Crippen molar-refractivity contribution in [3.8, 4) is 11.4 Å². The molecule has 0 bridgehead atoms. The van der Waals surface area contributed by atoms with Crippen molar-refractivity contribution in [1.82, 2.24) is 35.6 Å². The van der Waals surface area contributed by atoms with Crippen molar-refractivity contribution in [2.75, 3.05) is 28.2 Å². The maximum absolute atomic E-state index is 13.6. The average Bonchev–Trinajstić information content (AvgIpc) is 3.37. The molecular weight excluding hydrogens is 501 g/mol. The molecule has 16 heteroatoms. The van der Waals surface area contributed by atoms with Gasteiger partial charge in [-0.05, 0) is 40.8 Å². The normalized spacial score (nSPS) is 11.8. The molecule has 0 saturated heterocycles. The summed E-state index contributed by atoms with van der Waals surface area (Å²) in [6, 6.07) is 9.83. The van der Waals surface area contributed by atoms with E-state index >= 15 is 0 Å². The SMILES string of the molecule is CN(c1ncccc1CNc1nc(Nc2ccc(-c3nnn[nH]3)cc2)ncc1C(F)(F)F)S(C)(=O)=O. The van der Waals surface area contributed by atoms with Gasteiger partial charge in [0.25, 0.3) is 0 Å². The van der Waals surface area contributed by atoms with Gasteiger partial charge in [-0.1, -0.05) is 6.07 Å². The van der Waals surface area contributed by atoms with Gasteiger partial charge in [0.05, 0.1) is 6.26 Å². The minimum absolute atomic E-state index is 0.0792. The number of alkyl halides is 3.